The van der Waals surface area contributed by atoms with Gasteiger partial charge in [-0.1, -0.05) is 57.7 Å². The Kier molecular flexibility index (Phi) is 7.74. The number of ether oxygens (including phenoxy) is 2. The van der Waals surface area contributed by atoms with Crippen LogP contribution in [0.15, 0.2) is 48.5 Å². The zero-order valence-corrected chi connectivity index (χ0v) is 18.0. The molecular formula is C26H34O3. The van der Waals surface area contributed by atoms with E-state index in [1.54, 1.807) is 31.4 Å². The van der Waals surface area contributed by atoms with Crippen molar-refractivity contribution in [2.45, 2.75) is 64.7 Å². The van der Waals surface area contributed by atoms with Crippen LogP contribution in [-0.2, 0) is 0 Å². The first-order chi connectivity index (χ1) is 14.1. The lowest BCUT2D eigenvalue weighted by molar-refractivity contribution is 0.0731. The summed E-state index contributed by atoms with van der Waals surface area (Å²) in [5.74, 6) is 2.87. The number of benzene rings is 2. The summed E-state index contributed by atoms with van der Waals surface area (Å²) < 4.78 is 10.8. The van der Waals surface area contributed by atoms with Gasteiger partial charge in [0.25, 0.3) is 0 Å². The molecule has 3 atom stereocenters. The van der Waals surface area contributed by atoms with Crippen molar-refractivity contribution in [1.82, 2.24) is 0 Å². The number of carbonyl (C=O) groups is 1. The van der Waals surface area contributed by atoms with Gasteiger partial charge in [-0.25, -0.2) is 4.79 Å². The molecule has 3 heteroatoms. The van der Waals surface area contributed by atoms with Gasteiger partial charge in [0.05, 0.1) is 12.7 Å². The molecule has 0 saturated heterocycles. The Morgan fingerprint density at radius 2 is 1.72 bits per heavy atom. The van der Waals surface area contributed by atoms with Gasteiger partial charge >= 0.3 is 5.97 Å². The molecule has 3 nitrogen and oxygen atoms in total. The van der Waals surface area contributed by atoms with Gasteiger partial charge in [-0.05, 0) is 72.9 Å². The fraction of sp³-hybridized carbons (Fsp3) is 0.500. The van der Waals surface area contributed by atoms with Crippen molar-refractivity contribution < 1.29 is 14.3 Å². The predicted molar refractivity (Wildman–Crippen MR) is 118 cm³/mol. The van der Waals surface area contributed by atoms with Gasteiger partial charge in [-0.3, -0.25) is 0 Å². The minimum Gasteiger partial charge on any atom is -0.497 e. The number of hydrogen-bond donors (Lipinski definition) is 0. The maximum atomic E-state index is 12.9. The Morgan fingerprint density at radius 3 is 2.41 bits per heavy atom. The van der Waals surface area contributed by atoms with Crippen molar-refractivity contribution in [3.63, 3.8) is 0 Å². The molecule has 3 rings (SSSR count). The van der Waals surface area contributed by atoms with Crippen molar-refractivity contribution in [2.75, 3.05) is 7.11 Å². The van der Waals surface area contributed by atoms with E-state index >= 15 is 0 Å². The fourth-order valence-corrected chi connectivity index (χ4v) is 4.73. The normalized spacial score (nSPS) is 21.6. The molecular weight excluding hydrogens is 360 g/mol. The molecule has 1 aliphatic rings. The highest BCUT2D eigenvalue weighted by atomic mass is 16.5. The number of carbonyl (C=O) groups excluding carboxylic acids is 1. The molecule has 0 amide bonds. The highest BCUT2D eigenvalue weighted by Gasteiger charge is 2.31. The highest BCUT2D eigenvalue weighted by molar-refractivity contribution is 5.92. The maximum Gasteiger partial charge on any atom is 0.343 e. The van der Waals surface area contributed by atoms with Crippen LogP contribution < -0.4 is 9.47 Å². The van der Waals surface area contributed by atoms with E-state index in [1.807, 2.05) is 18.2 Å². The summed E-state index contributed by atoms with van der Waals surface area (Å²) >= 11 is 0. The summed E-state index contributed by atoms with van der Waals surface area (Å²) in [6, 6.07) is 15.1. The van der Waals surface area contributed by atoms with E-state index in [0.29, 0.717) is 23.1 Å². The molecule has 0 bridgehead atoms. The molecule has 1 aliphatic carbocycles. The number of unbranched alkanes of at least 4 members (excludes halogenated alkanes) is 2. The third kappa shape index (κ3) is 5.62. The van der Waals surface area contributed by atoms with Gasteiger partial charge in [0.1, 0.15) is 11.5 Å². The van der Waals surface area contributed by atoms with Gasteiger partial charge in [0, 0.05) is 0 Å². The average Bonchev–Trinajstić information content (AvgIpc) is 2.74. The molecule has 0 aromatic heterocycles. The molecule has 3 unspecified atom stereocenters. The summed E-state index contributed by atoms with van der Waals surface area (Å²) in [7, 11) is 1.62. The second-order valence-corrected chi connectivity index (χ2v) is 8.41. The molecule has 0 spiro atoms. The largest absolute Gasteiger partial charge is 0.497 e. The number of hydrogen-bond acceptors (Lipinski definition) is 3. The second-order valence-electron chi connectivity index (χ2n) is 8.41. The third-order valence-electron chi connectivity index (χ3n) is 6.34. The molecule has 0 heterocycles. The van der Waals surface area contributed by atoms with Crippen LogP contribution in [0.25, 0.3) is 0 Å². The molecule has 2 aromatic rings. The summed E-state index contributed by atoms with van der Waals surface area (Å²) in [5, 5.41) is 0. The van der Waals surface area contributed by atoms with E-state index in [1.165, 1.54) is 38.5 Å². The monoisotopic (exact) mass is 394 g/mol. The van der Waals surface area contributed by atoms with Crippen molar-refractivity contribution in [2.24, 2.45) is 11.8 Å². The van der Waals surface area contributed by atoms with E-state index < -0.39 is 0 Å². The highest BCUT2D eigenvalue weighted by Crippen LogP contribution is 2.43. The lowest BCUT2D eigenvalue weighted by Crippen LogP contribution is -2.24. The van der Waals surface area contributed by atoms with E-state index in [0.717, 1.165) is 23.7 Å². The lowest BCUT2D eigenvalue weighted by Gasteiger charge is -2.35. The summed E-state index contributed by atoms with van der Waals surface area (Å²) in [5.41, 5.74) is 1.84. The summed E-state index contributed by atoms with van der Waals surface area (Å²) in [4.78, 5) is 12.9. The standard InChI is InChI=1S/C26H34O3/c1-4-5-6-9-20-12-17-23(19(2)18-20)24-10-7-8-11-25(24)26(27)29-22-15-13-21(28-3)14-16-22/h7-8,10-11,13-16,19-20,23H,4-6,9,12,17-18H2,1-3H3. The van der Waals surface area contributed by atoms with Gasteiger partial charge in [0.15, 0.2) is 0 Å². The van der Waals surface area contributed by atoms with Crippen LogP contribution in [0.4, 0.5) is 0 Å². The topological polar surface area (TPSA) is 35.5 Å². The van der Waals surface area contributed by atoms with Gasteiger partial charge < -0.3 is 9.47 Å². The quantitative estimate of drug-likeness (QED) is 0.274. The van der Waals surface area contributed by atoms with Crippen LogP contribution in [0.2, 0.25) is 0 Å². The molecule has 0 radical (unpaired) electrons. The zero-order valence-electron chi connectivity index (χ0n) is 18.0. The van der Waals surface area contributed by atoms with E-state index in [4.69, 9.17) is 9.47 Å². The Hall–Kier alpha value is -2.29. The van der Waals surface area contributed by atoms with Crippen molar-refractivity contribution in [3.8, 4) is 11.5 Å². The van der Waals surface area contributed by atoms with Gasteiger partial charge in [-0.2, -0.15) is 0 Å². The van der Waals surface area contributed by atoms with Crippen LogP contribution in [0.5, 0.6) is 11.5 Å². The minimum atomic E-state index is -0.275. The Balaban J connectivity index is 1.69. The zero-order chi connectivity index (χ0) is 20.6. The van der Waals surface area contributed by atoms with Crippen molar-refractivity contribution in [1.29, 1.82) is 0 Å². The molecule has 156 valence electrons. The third-order valence-corrected chi connectivity index (χ3v) is 6.34. The summed E-state index contributed by atoms with van der Waals surface area (Å²) in [6.07, 6.45) is 9.01. The van der Waals surface area contributed by atoms with Crippen LogP contribution >= 0.6 is 0 Å². The number of methoxy groups -OCH3 is 1. The number of esters is 1. The van der Waals surface area contributed by atoms with E-state index in [2.05, 4.69) is 19.9 Å². The molecule has 1 saturated carbocycles. The Bertz CT molecular complexity index is 781. The van der Waals surface area contributed by atoms with E-state index in [9.17, 15) is 4.79 Å². The van der Waals surface area contributed by atoms with Gasteiger partial charge in [-0.15, -0.1) is 0 Å². The predicted octanol–water partition coefficient (Wildman–Crippen LogP) is 7.01. The Labute approximate surface area is 175 Å². The summed E-state index contributed by atoms with van der Waals surface area (Å²) in [6.45, 7) is 4.61. The van der Waals surface area contributed by atoms with Crippen molar-refractivity contribution in [3.05, 3.63) is 59.7 Å². The molecule has 0 aliphatic heterocycles. The van der Waals surface area contributed by atoms with Crippen LogP contribution in [0, 0.1) is 11.8 Å². The van der Waals surface area contributed by atoms with Crippen LogP contribution in [0.3, 0.4) is 0 Å². The van der Waals surface area contributed by atoms with Crippen LogP contribution in [0.1, 0.15) is 80.6 Å². The average molecular weight is 395 g/mol. The smallest absolute Gasteiger partial charge is 0.343 e. The fourth-order valence-electron chi connectivity index (χ4n) is 4.73. The molecule has 29 heavy (non-hydrogen) atoms. The van der Waals surface area contributed by atoms with E-state index in [-0.39, 0.29) is 5.97 Å². The first-order valence-corrected chi connectivity index (χ1v) is 11.1. The lowest BCUT2D eigenvalue weighted by atomic mass is 9.70. The Morgan fingerprint density at radius 1 is 1.00 bits per heavy atom. The minimum absolute atomic E-state index is 0.275. The molecule has 0 N–H and O–H groups in total. The van der Waals surface area contributed by atoms with Crippen LogP contribution in [-0.4, -0.2) is 13.1 Å². The number of rotatable bonds is 8. The first kappa shape index (κ1) is 21.4. The van der Waals surface area contributed by atoms with Crippen molar-refractivity contribution >= 4 is 5.97 Å². The maximum absolute atomic E-state index is 12.9. The SMILES string of the molecule is CCCCCC1CCC(c2ccccc2C(=O)Oc2ccc(OC)cc2)C(C)C1. The first-order valence-electron chi connectivity index (χ1n) is 11.1. The molecule has 1 fully saturated rings. The molecule has 2 aromatic carbocycles. The van der Waals surface area contributed by atoms with Gasteiger partial charge in [0.2, 0.25) is 0 Å². The second kappa shape index (κ2) is 10.5.